The van der Waals surface area contributed by atoms with Crippen LogP contribution in [-0.4, -0.2) is 46.7 Å². The van der Waals surface area contributed by atoms with Gasteiger partial charge in [-0.2, -0.15) is 0 Å². The zero-order valence-electron chi connectivity index (χ0n) is 6.62. The zero-order valence-corrected chi connectivity index (χ0v) is 6.62. The van der Waals surface area contributed by atoms with Crippen molar-refractivity contribution < 1.29 is 15.3 Å². The van der Waals surface area contributed by atoms with E-state index in [2.05, 4.69) is 5.32 Å². The summed E-state index contributed by atoms with van der Waals surface area (Å²) in [6.45, 7) is 2.41. The molecule has 4 heteroatoms. The van der Waals surface area contributed by atoms with E-state index in [-0.39, 0.29) is 12.5 Å². The van der Waals surface area contributed by atoms with Crippen molar-refractivity contribution >= 4 is 0 Å². The highest BCUT2D eigenvalue weighted by Gasteiger charge is 2.39. The molecule has 1 fully saturated rings. The van der Waals surface area contributed by atoms with Gasteiger partial charge in [0.1, 0.15) is 5.60 Å². The molecule has 1 aliphatic heterocycles. The van der Waals surface area contributed by atoms with E-state index in [9.17, 15) is 10.2 Å². The van der Waals surface area contributed by atoms with Crippen LogP contribution in [0.5, 0.6) is 0 Å². The molecule has 0 aromatic heterocycles. The Balaban J connectivity index is 2.60. The monoisotopic (exact) mass is 161 g/mol. The molecule has 0 saturated carbocycles. The summed E-state index contributed by atoms with van der Waals surface area (Å²) in [6.07, 6.45) is -0.825. The topological polar surface area (TPSA) is 72.7 Å². The second kappa shape index (κ2) is 3.06. The van der Waals surface area contributed by atoms with Gasteiger partial charge in [0.25, 0.3) is 0 Å². The van der Waals surface area contributed by atoms with Gasteiger partial charge in [-0.15, -0.1) is 0 Å². The highest BCUT2D eigenvalue weighted by molar-refractivity contribution is 4.93. The second-order valence-corrected chi connectivity index (χ2v) is 3.38. The van der Waals surface area contributed by atoms with Crippen molar-refractivity contribution in [2.75, 3.05) is 19.7 Å². The molecule has 0 radical (unpaired) electrons. The van der Waals surface area contributed by atoms with Gasteiger partial charge in [-0.1, -0.05) is 0 Å². The van der Waals surface area contributed by atoms with E-state index in [1.54, 1.807) is 6.92 Å². The number of rotatable bonds is 1. The lowest BCUT2D eigenvalue weighted by Crippen LogP contribution is -2.59. The number of piperidine rings is 1. The number of nitrogens with one attached hydrogen (secondary N) is 1. The Morgan fingerprint density at radius 3 is 2.73 bits per heavy atom. The third-order valence-corrected chi connectivity index (χ3v) is 2.21. The summed E-state index contributed by atoms with van der Waals surface area (Å²) in [5.74, 6) is -0.251. The molecule has 0 bridgehead atoms. The second-order valence-electron chi connectivity index (χ2n) is 3.38. The molecule has 4 nitrogen and oxygen atoms in total. The Bertz CT molecular complexity index is 138. The maximum atomic E-state index is 9.52. The van der Waals surface area contributed by atoms with Gasteiger partial charge < -0.3 is 20.6 Å². The molecule has 0 aromatic rings. The summed E-state index contributed by atoms with van der Waals surface area (Å²) in [4.78, 5) is 0. The van der Waals surface area contributed by atoms with Crippen LogP contribution in [0.25, 0.3) is 0 Å². The van der Waals surface area contributed by atoms with Crippen molar-refractivity contribution in [3.05, 3.63) is 0 Å². The van der Waals surface area contributed by atoms with E-state index in [4.69, 9.17) is 5.11 Å². The molecule has 4 N–H and O–H groups in total. The first kappa shape index (κ1) is 8.93. The molecule has 3 atom stereocenters. The molecule has 1 aliphatic rings. The van der Waals surface area contributed by atoms with Gasteiger partial charge in [-0.25, -0.2) is 0 Å². The average Bonchev–Trinajstić information content (AvgIpc) is 1.95. The van der Waals surface area contributed by atoms with Crippen molar-refractivity contribution in [1.29, 1.82) is 0 Å². The predicted molar refractivity (Wildman–Crippen MR) is 40.1 cm³/mol. The average molecular weight is 161 g/mol. The van der Waals surface area contributed by atoms with Crippen molar-refractivity contribution in [2.45, 2.75) is 18.6 Å². The normalized spacial score (nSPS) is 45.8. The first-order valence-electron chi connectivity index (χ1n) is 3.80. The lowest BCUT2D eigenvalue weighted by molar-refractivity contribution is -0.113. The number of β-amino-alcohol motifs (C(OH)–C–C–N with tert-alkyl or cyclic N) is 1. The van der Waals surface area contributed by atoms with Gasteiger partial charge >= 0.3 is 0 Å². The first-order valence-corrected chi connectivity index (χ1v) is 3.80. The van der Waals surface area contributed by atoms with Crippen LogP contribution in [-0.2, 0) is 0 Å². The van der Waals surface area contributed by atoms with Crippen molar-refractivity contribution in [3.63, 3.8) is 0 Å². The number of hydrogen-bond acceptors (Lipinski definition) is 4. The van der Waals surface area contributed by atoms with Gasteiger partial charge in [-0.3, -0.25) is 0 Å². The van der Waals surface area contributed by atoms with Crippen LogP contribution in [0.4, 0.5) is 0 Å². The smallest absolute Gasteiger partial charge is 0.100 e. The van der Waals surface area contributed by atoms with Gasteiger partial charge in [0.15, 0.2) is 0 Å². The van der Waals surface area contributed by atoms with Crippen molar-refractivity contribution in [1.82, 2.24) is 5.32 Å². The molecular weight excluding hydrogens is 146 g/mol. The Morgan fingerprint density at radius 2 is 2.27 bits per heavy atom. The van der Waals surface area contributed by atoms with E-state index < -0.39 is 11.7 Å². The van der Waals surface area contributed by atoms with Crippen LogP contribution in [0.1, 0.15) is 6.92 Å². The van der Waals surface area contributed by atoms with Crippen molar-refractivity contribution in [3.8, 4) is 0 Å². The fourth-order valence-electron chi connectivity index (χ4n) is 1.40. The van der Waals surface area contributed by atoms with Gasteiger partial charge in [-0.05, 0) is 6.92 Å². The minimum atomic E-state index is -1.11. The molecule has 11 heavy (non-hydrogen) atoms. The maximum Gasteiger partial charge on any atom is 0.100 e. The SMILES string of the molecule is C[C@]1(O)CNC[C@H](CO)[C@H]1O. The summed E-state index contributed by atoms with van der Waals surface area (Å²) >= 11 is 0. The Hall–Kier alpha value is -0.160. The predicted octanol–water partition coefficient (Wildman–Crippen LogP) is -1.69. The summed E-state index contributed by atoms with van der Waals surface area (Å²) < 4.78 is 0. The van der Waals surface area contributed by atoms with Crippen LogP contribution < -0.4 is 5.32 Å². The number of aliphatic hydroxyl groups is 3. The Morgan fingerprint density at radius 1 is 1.64 bits per heavy atom. The van der Waals surface area contributed by atoms with Crippen LogP contribution in [0, 0.1) is 5.92 Å². The molecule has 0 aromatic carbocycles. The molecule has 0 aliphatic carbocycles. The standard InChI is InChI=1S/C7H15NO3/c1-7(11)4-8-2-5(3-9)6(7)10/h5-6,8-11H,2-4H2,1H3/t5-,6-,7+/m1/s1. The fourth-order valence-corrected chi connectivity index (χ4v) is 1.40. The fraction of sp³-hybridized carbons (Fsp3) is 1.00. The quantitative estimate of drug-likeness (QED) is 0.370. The molecule has 0 amide bonds. The van der Waals surface area contributed by atoms with Crippen LogP contribution in [0.3, 0.4) is 0 Å². The maximum absolute atomic E-state index is 9.52. The molecule has 66 valence electrons. The minimum absolute atomic E-state index is 0.0929. The highest BCUT2D eigenvalue weighted by atomic mass is 16.3. The highest BCUT2D eigenvalue weighted by Crippen LogP contribution is 2.20. The van der Waals surface area contributed by atoms with E-state index in [1.807, 2.05) is 0 Å². The lowest BCUT2D eigenvalue weighted by Gasteiger charge is -2.39. The summed E-state index contributed by atoms with van der Waals surface area (Å²) in [5, 5.41) is 30.7. The van der Waals surface area contributed by atoms with Crippen LogP contribution in [0.15, 0.2) is 0 Å². The molecule has 1 saturated heterocycles. The van der Waals surface area contributed by atoms with E-state index in [0.29, 0.717) is 13.1 Å². The zero-order chi connectivity index (χ0) is 8.48. The molecular formula is C7H15NO3. The van der Waals surface area contributed by atoms with Crippen molar-refractivity contribution in [2.24, 2.45) is 5.92 Å². The number of hydrogen-bond donors (Lipinski definition) is 4. The van der Waals surface area contributed by atoms with Crippen LogP contribution in [0.2, 0.25) is 0 Å². The third-order valence-electron chi connectivity index (χ3n) is 2.21. The van der Waals surface area contributed by atoms with Gasteiger partial charge in [0.2, 0.25) is 0 Å². The van der Waals surface area contributed by atoms with E-state index in [0.717, 1.165) is 0 Å². The molecule has 1 rings (SSSR count). The van der Waals surface area contributed by atoms with Gasteiger partial charge in [0, 0.05) is 25.6 Å². The number of aliphatic hydroxyl groups excluding tert-OH is 2. The summed E-state index contributed by atoms with van der Waals surface area (Å²) in [6, 6.07) is 0. The van der Waals surface area contributed by atoms with E-state index >= 15 is 0 Å². The summed E-state index contributed by atoms with van der Waals surface area (Å²) in [7, 11) is 0. The molecule has 0 spiro atoms. The largest absolute Gasteiger partial charge is 0.396 e. The molecule has 0 unspecified atom stereocenters. The lowest BCUT2D eigenvalue weighted by atomic mass is 9.85. The first-order chi connectivity index (χ1) is 5.08. The Labute approximate surface area is 65.9 Å². The third kappa shape index (κ3) is 1.70. The minimum Gasteiger partial charge on any atom is -0.396 e. The molecule has 1 heterocycles. The summed E-state index contributed by atoms with van der Waals surface area (Å²) in [5.41, 5.74) is -1.11. The van der Waals surface area contributed by atoms with Crippen LogP contribution >= 0.6 is 0 Å². The van der Waals surface area contributed by atoms with E-state index in [1.165, 1.54) is 0 Å². The Kier molecular flexibility index (Phi) is 2.49. The van der Waals surface area contributed by atoms with Gasteiger partial charge in [0.05, 0.1) is 6.10 Å².